The molecule has 7 nitrogen and oxygen atoms in total. The second-order valence-corrected chi connectivity index (χ2v) is 7.32. The predicted octanol–water partition coefficient (Wildman–Crippen LogP) is 4.28. The number of methoxy groups -OCH3 is 1. The van der Waals surface area contributed by atoms with Crippen LogP contribution in [0.3, 0.4) is 0 Å². The lowest BCUT2D eigenvalue weighted by Crippen LogP contribution is -2.27. The van der Waals surface area contributed by atoms with Crippen molar-refractivity contribution >= 4 is 40.6 Å². The lowest BCUT2D eigenvalue weighted by Gasteiger charge is -2.31. The molecule has 1 aromatic heterocycles. The molecule has 154 valence electrons. The summed E-state index contributed by atoms with van der Waals surface area (Å²) in [5.41, 5.74) is 8.91. The first-order chi connectivity index (χ1) is 14.5. The number of carbonyl (C=O) groups excluding carboxylic acids is 1. The molecule has 1 aliphatic rings. The molecule has 0 fully saturated rings. The van der Waals surface area contributed by atoms with E-state index in [1.54, 1.807) is 14.0 Å². The molecule has 8 heteroatoms. The second kappa shape index (κ2) is 7.79. The molecule has 0 bridgehead atoms. The van der Waals surface area contributed by atoms with Crippen LogP contribution in [0.2, 0.25) is 0 Å². The highest BCUT2D eigenvalue weighted by Crippen LogP contribution is 2.48. The van der Waals surface area contributed by atoms with Gasteiger partial charge in [0.2, 0.25) is 0 Å². The summed E-state index contributed by atoms with van der Waals surface area (Å²) >= 11 is 5.21. The zero-order chi connectivity index (χ0) is 21.4. The number of hydrogen-bond acceptors (Lipinski definition) is 7. The van der Waals surface area contributed by atoms with E-state index < -0.39 is 11.9 Å². The van der Waals surface area contributed by atoms with E-state index in [-0.39, 0.29) is 11.4 Å². The number of allylic oxidation sites excluding steroid dienone is 1. The van der Waals surface area contributed by atoms with E-state index in [0.29, 0.717) is 34.2 Å². The number of esters is 1. The molecule has 4 N–H and O–H groups in total. The van der Waals surface area contributed by atoms with E-state index in [1.165, 1.54) is 0 Å². The maximum Gasteiger partial charge on any atom is 0.336 e. The minimum absolute atomic E-state index is 0.257. The first-order valence-electron chi connectivity index (χ1n) is 9.56. The quantitative estimate of drug-likeness (QED) is 0.426. The molecule has 30 heavy (non-hydrogen) atoms. The number of hydrogen-bond donors (Lipinski definition) is 3. The Bertz CT molecular complexity index is 1250. The maximum absolute atomic E-state index is 13.1. The van der Waals surface area contributed by atoms with Crippen LogP contribution >= 0.6 is 12.2 Å². The van der Waals surface area contributed by atoms with Crippen molar-refractivity contribution < 1.29 is 14.3 Å². The molecule has 0 amide bonds. The van der Waals surface area contributed by atoms with Crippen LogP contribution in [0.5, 0.6) is 5.75 Å². The largest absolute Gasteiger partial charge is 0.496 e. The third-order valence-electron chi connectivity index (χ3n) is 5.22. The fourth-order valence-electron chi connectivity index (χ4n) is 4.01. The van der Waals surface area contributed by atoms with Gasteiger partial charge in [0.25, 0.3) is 0 Å². The number of aromatic amines is 1. The van der Waals surface area contributed by atoms with E-state index in [2.05, 4.69) is 15.3 Å². The molecule has 3 aromatic rings. The van der Waals surface area contributed by atoms with Gasteiger partial charge in [0.05, 0.1) is 25.2 Å². The van der Waals surface area contributed by atoms with Crippen LogP contribution in [-0.4, -0.2) is 29.7 Å². The number of nitrogens with two attached hydrogens (primary N) is 1. The molecule has 4 rings (SSSR count). The monoisotopic (exact) mass is 422 g/mol. The molecule has 1 aliphatic heterocycles. The molecule has 0 spiro atoms. The van der Waals surface area contributed by atoms with E-state index >= 15 is 0 Å². The fraction of sp³-hybridized carbons (Fsp3) is 0.227. The Kier molecular flexibility index (Phi) is 5.17. The molecule has 2 aromatic carbocycles. The number of nitrogens with zero attached hydrogens (tertiary/aromatic N) is 1. The van der Waals surface area contributed by atoms with Crippen molar-refractivity contribution in [1.82, 2.24) is 9.97 Å². The Hall–Kier alpha value is -3.39. The van der Waals surface area contributed by atoms with Crippen LogP contribution in [-0.2, 0) is 9.53 Å². The zero-order valence-corrected chi connectivity index (χ0v) is 17.7. The third-order valence-corrected chi connectivity index (χ3v) is 5.42. The number of rotatable bonds is 4. The SMILES string of the molecule is CCOC(=O)C1=C(C)Nc2nc(=S)[nH]c(N)c2C1c1c(OC)ccc2ccccc12. The number of carbonyl (C=O) groups is 1. The van der Waals surface area contributed by atoms with Crippen LogP contribution < -0.4 is 15.8 Å². The summed E-state index contributed by atoms with van der Waals surface area (Å²) in [6, 6.07) is 11.8. The number of nitrogens with one attached hydrogen (secondary N) is 2. The van der Waals surface area contributed by atoms with Crippen LogP contribution in [0.15, 0.2) is 47.7 Å². The van der Waals surface area contributed by atoms with Crippen molar-refractivity contribution in [3.63, 3.8) is 0 Å². The van der Waals surface area contributed by atoms with Crippen molar-refractivity contribution in [2.75, 3.05) is 24.8 Å². The average Bonchev–Trinajstić information content (AvgIpc) is 2.71. The van der Waals surface area contributed by atoms with E-state index in [0.717, 1.165) is 16.3 Å². The van der Waals surface area contributed by atoms with E-state index in [1.807, 2.05) is 43.3 Å². The minimum Gasteiger partial charge on any atom is -0.496 e. The highest BCUT2D eigenvalue weighted by Gasteiger charge is 2.38. The van der Waals surface area contributed by atoms with E-state index in [9.17, 15) is 4.79 Å². The lowest BCUT2D eigenvalue weighted by atomic mass is 9.79. The highest BCUT2D eigenvalue weighted by atomic mass is 32.1. The van der Waals surface area contributed by atoms with Gasteiger partial charge in [-0.2, -0.15) is 0 Å². The number of fused-ring (bicyclic) bond motifs is 2. The number of H-pyrrole nitrogens is 1. The number of anilines is 2. The number of benzene rings is 2. The lowest BCUT2D eigenvalue weighted by molar-refractivity contribution is -0.138. The second-order valence-electron chi connectivity index (χ2n) is 6.94. The molecule has 2 heterocycles. The highest BCUT2D eigenvalue weighted by molar-refractivity contribution is 7.71. The number of nitrogen functional groups attached to an aromatic ring is 1. The van der Waals surface area contributed by atoms with Crippen molar-refractivity contribution in [3.8, 4) is 5.75 Å². The normalized spacial score (nSPS) is 15.5. The van der Waals surface area contributed by atoms with Gasteiger partial charge in [-0.15, -0.1) is 0 Å². The Morgan fingerprint density at radius 2 is 2.00 bits per heavy atom. The Balaban J connectivity index is 2.12. The minimum atomic E-state index is -0.555. The molecule has 0 aliphatic carbocycles. The van der Waals surface area contributed by atoms with Gasteiger partial charge < -0.3 is 25.5 Å². The summed E-state index contributed by atoms with van der Waals surface area (Å²) in [6.07, 6.45) is 0. The number of aromatic nitrogens is 2. The molecule has 0 saturated heterocycles. The van der Waals surface area contributed by atoms with Crippen LogP contribution in [0.1, 0.15) is 30.9 Å². The van der Waals surface area contributed by atoms with Crippen molar-refractivity contribution in [2.45, 2.75) is 19.8 Å². The summed E-state index contributed by atoms with van der Waals surface area (Å²) in [5.74, 6) is 0.521. The molecular formula is C22H22N4O3S. The van der Waals surface area contributed by atoms with Gasteiger partial charge in [-0.1, -0.05) is 30.3 Å². The average molecular weight is 423 g/mol. The summed E-state index contributed by atoms with van der Waals surface area (Å²) in [4.78, 5) is 20.4. The summed E-state index contributed by atoms with van der Waals surface area (Å²) in [7, 11) is 1.61. The van der Waals surface area contributed by atoms with Crippen LogP contribution in [0, 0.1) is 4.77 Å². The van der Waals surface area contributed by atoms with Gasteiger partial charge >= 0.3 is 5.97 Å². The Morgan fingerprint density at radius 3 is 2.73 bits per heavy atom. The van der Waals surface area contributed by atoms with Gasteiger partial charge in [-0.25, -0.2) is 9.78 Å². The van der Waals surface area contributed by atoms with Crippen molar-refractivity contribution in [1.29, 1.82) is 0 Å². The third kappa shape index (κ3) is 3.19. The van der Waals surface area contributed by atoms with Gasteiger partial charge in [-0.3, -0.25) is 0 Å². The van der Waals surface area contributed by atoms with E-state index in [4.69, 9.17) is 27.4 Å². The molecule has 0 saturated carbocycles. The zero-order valence-electron chi connectivity index (χ0n) is 16.9. The fourth-order valence-corrected chi connectivity index (χ4v) is 4.21. The van der Waals surface area contributed by atoms with Crippen LogP contribution in [0.25, 0.3) is 10.8 Å². The first kappa shape index (κ1) is 19.9. The maximum atomic E-state index is 13.1. The summed E-state index contributed by atoms with van der Waals surface area (Å²) in [6.45, 7) is 3.85. The van der Waals surface area contributed by atoms with Crippen molar-refractivity contribution in [2.24, 2.45) is 0 Å². The predicted molar refractivity (Wildman–Crippen MR) is 119 cm³/mol. The van der Waals surface area contributed by atoms with Gasteiger partial charge in [0.1, 0.15) is 17.4 Å². The first-order valence-corrected chi connectivity index (χ1v) is 9.97. The molecule has 0 radical (unpaired) electrons. The Labute approximate surface area is 178 Å². The topological polar surface area (TPSA) is 102 Å². The van der Waals surface area contributed by atoms with Gasteiger partial charge in [0.15, 0.2) is 4.77 Å². The molecule has 1 unspecified atom stereocenters. The van der Waals surface area contributed by atoms with Gasteiger partial charge in [-0.05, 0) is 42.9 Å². The molecular weight excluding hydrogens is 400 g/mol. The van der Waals surface area contributed by atoms with Gasteiger partial charge in [0, 0.05) is 16.8 Å². The van der Waals surface area contributed by atoms with Crippen molar-refractivity contribution in [3.05, 3.63) is 63.6 Å². The standard InChI is InChI=1S/C22H22N4O3S/c1-4-29-21(27)15-11(2)24-20-18(19(23)25-22(30)26-20)17(15)16-13-8-6-5-7-12(13)9-10-14(16)28-3/h5-10,17H,4H2,1-3H3,(H4,23,24,25,26,30). The summed E-state index contributed by atoms with van der Waals surface area (Å²) < 4.78 is 11.4. The Morgan fingerprint density at radius 1 is 1.23 bits per heavy atom. The number of ether oxygens (including phenoxy) is 2. The smallest absolute Gasteiger partial charge is 0.336 e. The summed E-state index contributed by atoms with van der Waals surface area (Å²) in [5, 5.41) is 5.14. The van der Waals surface area contributed by atoms with Crippen LogP contribution in [0.4, 0.5) is 11.6 Å². The molecule has 1 atom stereocenters.